The number of hydrogen-bond acceptors (Lipinski definition) is 6. The van der Waals surface area contributed by atoms with Crippen molar-refractivity contribution in [3.05, 3.63) is 8.25 Å². The van der Waals surface area contributed by atoms with Crippen LogP contribution < -0.4 is 0 Å². The minimum atomic E-state index is -1.45. The Kier molecular flexibility index (Phi) is 3.45. The number of aliphatic hydroxyl groups is 2. The van der Waals surface area contributed by atoms with Gasteiger partial charge in [-0.05, 0) is 52.4 Å². The van der Waals surface area contributed by atoms with Gasteiger partial charge in [0.25, 0.3) is 0 Å². The minimum absolute atomic E-state index is 0.254. The molecule has 3 saturated heterocycles. The van der Waals surface area contributed by atoms with Gasteiger partial charge in [-0.1, -0.05) is 0 Å². The number of fused-ring (bicyclic) bond motifs is 3. The van der Waals surface area contributed by atoms with Crippen molar-refractivity contribution >= 4 is 38.5 Å². The topological polar surface area (TPSA) is 77.4 Å². The Morgan fingerprint density at radius 1 is 1.37 bits per heavy atom. The molecule has 108 valence electrons. The van der Waals surface area contributed by atoms with Crippen molar-refractivity contribution in [3.8, 4) is 0 Å². The van der Waals surface area contributed by atoms with Crippen LogP contribution in [0.5, 0.6) is 0 Å². The molecule has 0 amide bonds. The zero-order valence-corrected chi connectivity index (χ0v) is 14.0. The minimum Gasteiger partial charge on any atom is -0.485 e. The zero-order valence-electron chi connectivity index (χ0n) is 10.3. The van der Waals surface area contributed by atoms with Crippen LogP contribution in [0.2, 0.25) is 0 Å². The summed E-state index contributed by atoms with van der Waals surface area (Å²) in [5, 5.41) is 20.4. The molecule has 8 heteroatoms. The molecular formula is C11H14BrIO6. The molecule has 0 radical (unpaired) electrons. The van der Waals surface area contributed by atoms with E-state index in [1.54, 1.807) is 13.8 Å². The molecule has 5 atom stereocenters. The fraction of sp³-hybridized carbons (Fsp3) is 0.818. The lowest BCUT2D eigenvalue weighted by Gasteiger charge is -2.27. The Balaban J connectivity index is 2.02. The van der Waals surface area contributed by atoms with Gasteiger partial charge in [-0.15, -0.1) is 0 Å². The van der Waals surface area contributed by atoms with Crippen LogP contribution in [0.3, 0.4) is 0 Å². The monoisotopic (exact) mass is 448 g/mol. The van der Waals surface area contributed by atoms with Crippen molar-refractivity contribution in [2.45, 2.75) is 49.8 Å². The molecule has 0 spiro atoms. The van der Waals surface area contributed by atoms with Crippen LogP contribution in [0.4, 0.5) is 0 Å². The predicted molar refractivity (Wildman–Crippen MR) is 75.6 cm³/mol. The number of rotatable bonds is 1. The van der Waals surface area contributed by atoms with Crippen molar-refractivity contribution in [1.82, 2.24) is 0 Å². The van der Waals surface area contributed by atoms with Crippen LogP contribution in [0.15, 0.2) is 8.25 Å². The van der Waals surface area contributed by atoms with Gasteiger partial charge < -0.3 is 29.2 Å². The zero-order chi connectivity index (χ0) is 14.0. The Bertz CT molecular complexity index is 437. The van der Waals surface area contributed by atoms with Crippen molar-refractivity contribution in [2.75, 3.05) is 6.61 Å². The first-order chi connectivity index (χ1) is 8.79. The van der Waals surface area contributed by atoms with Gasteiger partial charge in [0.05, 0.1) is 9.10 Å². The maximum Gasteiger partial charge on any atom is 0.191 e. The van der Waals surface area contributed by atoms with Gasteiger partial charge in [0, 0.05) is 0 Å². The summed E-state index contributed by atoms with van der Waals surface area (Å²) in [5.74, 6) is -0.498. The largest absolute Gasteiger partial charge is 0.485 e. The van der Waals surface area contributed by atoms with Crippen LogP contribution in [0.25, 0.3) is 0 Å². The van der Waals surface area contributed by atoms with E-state index >= 15 is 0 Å². The van der Waals surface area contributed by atoms with E-state index in [1.165, 1.54) is 0 Å². The molecule has 0 aromatic heterocycles. The Morgan fingerprint density at radius 2 is 2.05 bits per heavy atom. The van der Waals surface area contributed by atoms with Gasteiger partial charge in [-0.3, -0.25) is 0 Å². The number of hydrogen-bond donors (Lipinski definition) is 2. The van der Waals surface area contributed by atoms with Gasteiger partial charge in [0.2, 0.25) is 0 Å². The lowest BCUT2D eigenvalue weighted by atomic mass is 9.91. The summed E-state index contributed by atoms with van der Waals surface area (Å²) in [6.07, 6.45) is -2.69. The molecule has 3 aliphatic rings. The van der Waals surface area contributed by atoms with Crippen LogP contribution >= 0.6 is 38.5 Å². The average molecular weight is 449 g/mol. The Labute approximate surface area is 132 Å². The lowest BCUT2D eigenvalue weighted by Crippen LogP contribution is -2.49. The lowest BCUT2D eigenvalue weighted by molar-refractivity contribution is -0.224. The van der Waals surface area contributed by atoms with Crippen LogP contribution in [-0.2, 0) is 18.9 Å². The van der Waals surface area contributed by atoms with Crippen molar-refractivity contribution in [1.29, 1.82) is 0 Å². The highest BCUT2D eigenvalue weighted by Crippen LogP contribution is 2.53. The van der Waals surface area contributed by atoms with Crippen molar-refractivity contribution in [3.63, 3.8) is 0 Å². The van der Waals surface area contributed by atoms with Gasteiger partial charge in [-0.2, -0.15) is 0 Å². The fourth-order valence-corrected chi connectivity index (χ4v) is 3.77. The highest BCUT2D eigenvalue weighted by Gasteiger charge is 2.71. The summed E-state index contributed by atoms with van der Waals surface area (Å²) in [5.41, 5.74) is -1.45. The van der Waals surface area contributed by atoms with E-state index < -0.39 is 36.0 Å². The van der Waals surface area contributed by atoms with Crippen molar-refractivity contribution < 1.29 is 29.2 Å². The van der Waals surface area contributed by atoms with Gasteiger partial charge in [-0.25, -0.2) is 0 Å². The van der Waals surface area contributed by atoms with Crippen LogP contribution in [0.1, 0.15) is 13.8 Å². The average Bonchev–Trinajstić information content (AvgIpc) is 2.83. The molecule has 3 heterocycles. The second-order valence-electron chi connectivity index (χ2n) is 5.23. The first-order valence-electron chi connectivity index (χ1n) is 5.86. The molecule has 3 aliphatic heterocycles. The number of ether oxygens (including phenoxy) is 4. The Morgan fingerprint density at radius 3 is 2.63 bits per heavy atom. The molecule has 0 bridgehead atoms. The van der Waals surface area contributed by atoms with Crippen molar-refractivity contribution in [2.24, 2.45) is 0 Å². The number of halogens is 2. The van der Waals surface area contributed by atoms with E-state index in [4.69, 9.17) is 18.9 Å². The summed E-state index contributed by atoms with van der Waals surface area (Å²) >= 11 is 5.30. The number of aliphatic hydroxyl groups excluding tert-OH is 1. The highest BCUT2D eigenvalue weighted by atomic mass is 127. The second kappa shape index (κ2) is 4.52. The van der Waals surface area contributed by atoms with E-state index in [1.807, 2.05) is 22.6 Å². The van der Waals surface area contributed by atoms with Crippen LogP contribution in [-0.4, -0.2) is 52.8 Å². The summed E-state index contributed by atoms with van der Waals surface area (Å²) in [6.45, 7) is 3.26. The molecule has 0 saturated carbocycles. The third kappa shape index (κ3) is 1.99. The molecule has 0 aromatic carbocycles. The van der Waals surface area contributed by atoms with Gasteiger partial charge >= 0.3 is 0 Å². The third-order valence-electron chi connectivity index (χ3n) is 3.53. The maximum atomic E-state index is 11.0. The van der Waals surface area contributed by atoms with Gasteiger partial charge in [0.15, 0.2) is 35.6 Å². The second-order valence-corrected chi connectivity index (χ2v) is 8.59. The molecule has 0 aliphatic carbocycles. The predicted octanol–water partition coefficient (Wildman–Crippen LogP) is 0.984. The molecule has 0 unspecified atom stereocenters. The molecule has 0 aromatic rings. The molecule has 2 N–H and O–H groups in total. The summed E-state index contributed by atoms with van der Waals surface area (Å²) in [6, 6.07) is 0. The van der Waals surface area contributed by atoms with E-state index in [0.717, 1.165) is 0 Å². The Hall–Kier alpha value is 0.550. The molecule has 6 nitrogen and oxygen atoms in total. The normalized spacial score (nSPS) is 49.8. The molecular weight excluding hydrogens is 435 g/mol. The van der Waals surface area contributed by atoms with Crippen LogP contribution in [0, 0.1) is 0 Å². The molecule has 19 heavy (non-hydrogen) atoms. The first-order valence-corrected chi connectivity index (χ1v) is 7.73. The van der Waals surface area contributed by atoms with E-state index in [9.17, 15) is 10.2 Å². The smallest absolute Gasteiger partial charge is 0.191 e. The molecule has 3 rings (SSSR count). The fourth-order valence-electron chi connectivity index (χ4n) is 2.80. The van der Waals surface area contributed by atoms with Gasteiger partial charge in [0.1, 0.15) is 6.10 Å². The SMILES string of the molecule is CC1(C)O[C@H]2O[C@@H]3[C@@H](CO)O/C(=C(\Br)I)[C@]3(O)[C@H]2O1. The summed E-state index contributed by atoms with van der Waals surface area (Å²) in [4.78, 5) is 0. The summed E-state index contributed by atoms with van der Waals surface area (Å²) < 4.78 is 23.3. The quantitative estimate of drug-likeness (QED) is 0.582. The third-order valence-corrected chi connectivity index (χ3v) is 4.38. The van der Waals surface area contributed by atoms with E-state index in [2.05, 4.69) is 15.9 Å². The maximum absolute atomic E-state index is 11.0. The molecule has 3 fully saturated rings. The van der Waals surface area contributed by atoms with E-state index in [-0.39, 0.29) is 6.61 Å². The highest BCUT2D eigenvalue weighted by molar-refractivity contribution is 14.1. The van der Waals surface area contributed by atoms with E-state index in [0.29, 0.717) is 8.25 Å². The summed E-state index contributed by atoms with van der Waals surface area (Å²) in [7, 11) is 0. The first kappa shape index (κ1) is 14.5. The standard InChI is InChI=1S/C11H14BrIO6/c1-10(2)18-7-9(19-10)17-5-4(3-14)16-6(8(12)13)11(5,7)15/h4-5,7,9,14-15H,3H2,1-2H3/b8-6+/t4-,5-,7+,9-,11+/m1/s1.